The summed E-state index contributed by atoms with van der Waals surface area (Å²) >= 11 is 0. The Bertz CT molecular complexity index is 228. The van der Waals surface area contributed by atoms with E-state index in [1.165, 1.54) is 103 Å². The van der Waals surface area contributed by atoms with Crippen LogP contribution in [-0.2, 0) is 0 Å². The number of aliphatic hydroxyl groups is 1. The Balaban J connectivity index is 3.53. The normalized spacial score (nSPS) is 12.9. The highest BCUT2D eigenvalue weighted by molar-refractivity contribution is 4.62. The Morgan fingerprint density at radius 2 is 1.12 bits per heavy atom. The van der Waals surface area contributed by atoms with E-state index in [-0.39, 0.29) is 0 Å². The SMILES string of the molecule is CCCCCCCCCCCCC(CCO)CCCN(CC)CC. The number of rotatable bonds is 19. The van der Waals surface area contributed by atoms with E-state index in [0.717, 1.165) is 12.3 Å². The van der Waals surface area contributed by atoms with Gasteiger partial charge in [-0.3, -0.25) is 0 Å². The minimum Gasteiger partial charge on any atom is -0.396 e. The van der Waals surface area contributed by atoms with E-state index in [1.54, 1.807) is 0 Å². The van der Waals surface area contributed by atoms with Crippen LogP contribution in [-0.4, -0.2) is 36.2 Å². The van der Waals surface area contributed by atoms with Crippen LogP contribution in [0.15, 0.2) is 0 Å². The summed E-state index contributed by atoms with van der Waals surface area (Å²) in [7, 11) is 0. The first kappa shape index (κ1) is 23.9. The molecule has 0 saturated carbocycles. The van der Waals surface area contributed by atoms with Gasteiger partial charge in [0.15, 0.2) is 0 Å². The zero-order chi connectivity index (χ0) is 17.9. The maximum Gasteiger partial charge on any atom is 0.0433 e. The van der Waals surface area contributed by atoms with Gasteiger partial charge in [-0.05, 0) is 44.8 Å². The summed E-state index contributed by atoms with van der Waals surface area (Å²) in [6.07, 6.45) is 19.1. The van der Waals surface area contributed by atoms with E-state index in [0.29, 0.717) is 6.61 Å². The topological polar surface area (TPSA) is 23.5 Å². The van der Waals surface area contributed by atoms with Gasteiger partial charge in [-0.1, -0.05) is 91.4 Å². The zero-order valence-corrected chi connectivity index (χ0v) is 17.2. The molecule has 1 atom stereocenters. The number of nitrogens with zero attached hydrogens (tertiary/aromatic N) is 1. The van der Waals surface area contributed by atoms with E-state index in [1.807, 2.05) is 0 Å². The van der Waals surface area contributed by atoms with Gasteiger partial charge in [0.25, 0.3) is 0 Å². The van der Waals surface area contributed by atoms with Gasteiger partial charge in [-0.25, -0.2) is 0 Å². The molecule has 2 nitrogen and oxygen atoms in total. The highest BCUT2D eigenvalue weighted by Gasteiger charge is 2.09. The summed E-state index contributed by atoms with van der Waals surface area (Å²) in [6.45, 7) is 10.7. The molecule has 1 unspecified atom stereocenters. The van der Waals surface area contributed by atoms with Crippen LogP contribution < -0.4 is 0 Å². The van der Waals surface area contributed by atoms with Crippen molar-refractivity contribution >= 4 is 0 Å². The number of aliphatic hydroxyl groups excluding tert-OH is 1. The molecule has 0 aromatic heterocycles. The summed E-state index contributed by atoms with van der Waals surface area (Å²) in [5.74, 6) is 0.750. The van der Waals surface area contributed by atoms with Crippen LogP contribution in [0.2, 0.25) is 0 Å². The second-order valence-electron chi connectivity index (χ2n) is 7.52. The van der Waals surface area contributed by atoms with Crippen LogP contribution in [0.3, 0.4) is 0 Å². The third-order valence-corrected chi connectivity index (χ3v) is 5.48. The van der Waals surface area contributed by atoms with Gasteiger partial charge in [0.05, 0.1) is 0 Å². The molecule has 0 amide bonds. The molecule has 0 fully saturated rings. The van der Waals surface area contributed by atoms with Gasteiger partial charge < -0.3 is 10.0 Å². The maximum absolute atomic E-state index is 9.29. The summed E-state index contributed by atoms with van der Waals surface area (Å²) in [5.41, 5.74) is 0. The second-order valence-corrected chi connectivity index (χ2v) is 7.52. The van der Waals surface area contributed by atoms with Gasteiger partial charge >= 0.3 is 0 Å². The summed E-state index contributed by atoms with van der Waals surface area (Å²) in [5, 5.41) is 9.29. The first-order valence-corrected chi connectivity index (χ1v) is 11.1. The molecule has 0 heterocycles. The molecule has 146 valence electrons. The van der Waals surface area contributed by atoms with Crippen LogP contribution in [0.5, 0.6) is 0 Å². The third kappa shape index (κ3) is 15.4. The standard InChI is InChI=1S/C22H47NO/c1-4-7-8-9-10-11-12-13-14-15-17-22(19-21-24)18-16-20-23(5-2)6-3/h22,24H,4-21H2,1-3H3. The molecule has 2 heteroatoms. The Kier molecular flexibility index (Phi) is 19.2. The fourth-order valence-corrected chi connectivity index (χ4v) is 3.68. The summed E-state index contributed by atoms with van der Waals surface area (Å²) in [6, 6.07) is 0. The largest absolute Gasteiger partial charge is 0.396 e. The van der Waals surface area contributed by atoms with Gasteiger partial charge in [-0.15, -0.1) is 0 Å². The van der Waals surface area contributed by atoms with Crippen molar-refractivity contribution in [3.8, 4) is 0 Å². The lowest BCUT2D eigenvalue weighted by Crippen LogP contribution is -2.24. The molecular weight excluding hydrogens is 294 g/mol. The molecule has 0 aliphatic rings. The molecule has 0 saturated heterocycles. The van der Waals surface area contributed by atoms with E-state index in [4.69, 9.17) is 0 Å². The molecule has 0 radical (unpaired) electrons. The minimum atomic E-state index is 0.369. The minimum absolute atomic E-state index is 0.369. The molecule has 0 rings (SSSR count). The number of unbranched alkanes of at least 4 members (excludes halogenated alkanes) is 9. The maximum atomic E-state index is 9.29. The van der Waals surface area contributed by atoms with E-state index in [2.05, 4.69) is 25.7 Å². The average Bonchev–Trinajstić information content (AvgIpc) is 2.60. The summed E-state index contributed by atoms with van der Waals surface area (Å²) in [4.78, 5) is 2.51. The van der Waals surface area contributed by atoms with Gasteiger partial charge in [0, 0.05) is 6.61 Å². The molecule has 24 heavy (non-hydrogen) atoms. The predicted octanol–water partition coefficient (Wildman–Crippen LogP) is 6.42. The fourth-order valence-electron chi connectivity index (χ4n) is 3.68. The first-order valence-electron chi connectivity index (χ1n) is 11.1. The van der Waals surface area contributed by atoms with Crippen molar-refractivity contribution in [3.63, 3.8) is 0 Å². The van der Waals surface area contributed by atoms with Gasteiger partial charge in [-0.2, -0.15) is 0 Å². The Morgan fingerprint density at radius 3 is 1.62 bits per heavy atom. The lowest BCUT2D eigenvalue weighted by atomic mass is 9.93. The quantitative estimate of drug-likeness (QED) is 0.274. The molecule has 0 aliphatic carbocycles. The molecule has 0 aliphatic heterocycles. The molecule has 0 bridgehead atoms. The first-order chi connectivity index (χ1) is 11.8. The molecule has 0 aromatic carbocycles. The van der Waals surface area contributed by atoms with Crippen molar-refractivity contribution in [2.24, 2.45) is 5.92 Å². The smallest absolute Gasteiger partial charge is 0.0433 e. The fraction of sp³-hybridized carbons (Fsp3) is 1.00. The molecule has 1 N–H and O–H groups in total. The van der Waals surface area contributed by atoms with Crippen LogP contribution in [0.4, 0.5) is 0 Å². The van der Waals surface area contributed by atoms with E-state index in [9.17, 15) is 5.11 Å². The van der Waals surface area contributed by atoms with E-state index < -0.39 is 0 Å². The van der Waals surface area contributed by atoms with Crippen molar-refractivity contribution in [2.75, 3.05) is 26.2 Å². The average molecular weight is 342 g/mol. The molecular formula is C22H47NO. The highest BCUT2D eigenvalue weighted by Crippen LogP contribution is 2.20. The van der Waals surface area contributed by atoms with Crippen LogP contribution in [0.1, 0.15) is 111 Å². The van der Waals surface area contributed by atoms with Gasteiger partial charge in [0.2, 0.25) is 0 Å². The molecule has 0 aromatic rings. The predicted molar refractivity (Wildman–Crippen MR) is 109 cm³/mol. The Hall–Kier alpha value is -0.0800. The monoisotopic (exact) mass is 341 g/mol. The van der Waals surface area contributed by atoms with Crippen molar-refractivity contribution in [1.82, 2.24) is 4.90 Å². The number of hydrogen-bond donors (Lipinski definition) is 1. The van der Waals surface area contributed by atoms with Crippen molar-refractivity contribution in [1.29, 1.82) is 0 Å². The lowest BCUT2D eigenvalue weighted by Gasteiger charge is -2.20. The zero-order valence-electron chi connectivity index (χ0n) is 17.2. The van der Waals surface area contributed by atoms with Gasteiger partial charge in [0.1, 0.15) is 0 Å². The van der Waals surface area contributed by atoms with Crippen molar-refractivity contribution in [2.45, 2.75) is 111 Å². The van der Waals surface area contributed by atoms with Crippen LogP contribution in [0.25, 0.3) is 0 Å². The number of hydrogen-bond acceptors (Lipinski definition) is 2. The summed E-state index contributed by atoms with van der Waals surface area (Å²) < 4.78 is 0. The third-order valence-electron chi connectivity index (χ3n) is 5.48. The Morgan fingerprint density at radius 1 is 0.625 bits per heavy atom. The molecule has 0 spiro atoms. The highest BCUT2D eigenvalue weighted by atomic mass is 16.3. The van der Waals surface area contributed by atoms with Crippen molar-refractivity contribution < 1.29 is 5.11 Å². The second kappa shape index (κ2) is 19.2. The van der Waals surface area contributed by atoms with Crippen LogP contribution >= 0.6 is 0 Å². The van der Waals surface area contributed by atoms with Crippen LogP contribution in [0, 0.1) is 5.92 Å². The van der Waals surface area contributed by atoms with E-state index >= 15 is 0 Å². The Labute approximate surface area is 153 Å². The lowest BCUT2D eigenvalue weighted by molar-refractivity contribution is 0.231. The van der Waals surface area contributed by atoms with Crippen molar-refractivity contribution in [3.05, 3.63) is 0 Å².